The van der Waals surface area contributed by atoms with Crippen LogP contribution in [-0.4, -0.2) is 60.0 Å². The highest BCUT2D eigenvalue weighted by molar-refractivity contribution is 7.92. The first-order chi connectivity index (χ1) is 19.1. The summed E-state index contributed by atoms with van der Waals surface area (Å²) in [5.41, 5.74) is 11.6. The molecule has 2 aromatic heterocycles. The van der Waals surface area contributed by atoms with Gasteiger partial charge in [0, 0.05) is 42.5 Å². The van der Waals surface area contributed by atoms with Gasteiger partial charge in [-0.05, 0) is 58.4 Å². The van der Waals surface area contributed by atoms with Gasteiger partial charge in [-0.2, -0.15) is 0 Å². The average molecular weight is 562 g/mol. The van der Waals surface area contributed by atoms with Crippen LogP contribution in [0.1, 0.15) is 37.8 Å². The van der Waals surface area contributed by atoms with Gasteiger partial charge >= 0.3 is 0 Å². The number of anilines is 1. The maximum Gasteiger partial charge on any atom is 0.192 e. The topological polar surface area (TPSA) is 124 Å². The summed E-state index contributed by atoms with van der Waals surface area (Å²) in [6.07, 6.45) is 3.69. The molecule has 0 bridgehead atoms. The van der Waals surface area contributed by atoms with Gasteiger partial charge in [-0.25, -0.2) is 18.4 Å². The molecule has 0 radical (unpaired) electrons. The van der Waals surface area contributed by atoms with E-state index >= 15 is 0 Å². The van der Waals surface area contributed by atoms with Crippen molar-refractivity contribution in [3.8, 4) is 34.0 Å². The summed E-state index contributed by atoms with van der Waals surface area (Å²) in [5.74, 6) is 0.671. The summed E-state index contributed by atoms with van der Waals surface area (Å²) < 4.78 is 36.2. The Morgan fingerprint density at radius 1 is 1.00 bits per heavy atom. The van der Waals surface area contributed by atoms with Crippen molar-refractivity contribution in [2.24, 2.45) is 0 Å². The number of aromatic nitrogens is 3. The van der Waals surface area contributed by atoms with Crippen LogP contribution in [-0.2, 0) is 21.1 Å². The predicted octanol–water partition coefficient (Wildman–Crippen LogP) is 5.15. The van der Waals surface area contributed by atoms with E-state index in [-0.39, 0.29) is 10.7 Å². The van der Waals surface area contributed by atoms with Gasteiger partial charge in [0.25, 0.3) is 0 Å². The minimum Gasteiger partial charge on any atom is -0.382 e. The van der Waals surface area contributed by atoms with Crippen molar-refractivity contribution in [1.29, 1.82) is 0 Å². The van der Waals surface area contributed by atoms with Crippen LogP contribution in [0.15, 0.2) is 64.1 Å². The van der Waals surface area contributed by atoms with Crippen LogP contribution in [0.4, 0.5) is 5.82 Å². The van der Waals surface area contributed by atoms with Gasteiger partial charge in [0.2, 0.25) is 0 Å². The van der Waals surface area contributed by atoms with Crippen molar-refractivity contribution in [3.63, 3.8) is 0 Å². The van der Waals surface area contributed by atoms with Crippen molar-refractivity contribution in [2.45, 2.75) is 56.3 Å². The standard InChI is InChI=1S/C30H35N5O4S/c1-19(2)40(36,37)25-11-9-22(10-12-25)26-17-32-30(31)28(33-26)29-20(3)27(34-39-29)23-7-5-21(6-8-23)18-35(4)24-13-15-38-16-14-24/h5-12,17,19,24H,13-16,18H2,1-4H3,(H2,31,32). The molecular formula is C30H35N5O4S. The lowest BCUT2D eigenvalue weighted by atomic mass is 10.0. The number of benzene rings is 2. The second kappa shape index (κ2) is 11.5. The molecule has 40 heavy (non-hydrogen) atoms. The molecule has 0 unspecified atom stereocenters. The smallest absolute Gasteiger partial charge is 0.192 e. The molecule has 2 aromatic carbocycles. The van der Waals surface area contributed by atoms with E-state index in [0.717, 1.165) is 49.3 Å². The zero-order valence-corrected chi connectivity index (χ0v) is 24.1. The SMILES string of the molecule is Cc1c(-c2ccc(CN(C)C3CCOCC3)cc2)noc1-c1nc(-c2ccc(S(=O)(=O)C(C)C)cc2)cnc1N. The Kier molecular flexibility index (Phi) is 8.02. The number of hydrogen-bond donors (Lipinski definition) is 1. The van der Waals surface area contributed by atoms with Crippen LogP contribution in [0.2, 0.25) is 0 Å². The van der Waals surface area contributed by atoms with Crippen molar-refractivity contribution < 1.29 is 17.7 Å². The molecule has 1 saturated heterocycles. The first-order valence-electron chi connectivity index (χ1n) is 13.5. The molecule has 1 aliphatic heterocycles. The van der Waals surface area contributed by atoms with E-state index in [0.29, 0.717) is 28.9 Å². The molecule has 210 valence electrons. The molecule has 0 atom stereocenters. The Hall–Kier alpha value is -3.60. The summed E-state index contributed by atoms with van der Waals surface area (Å²) in [6.45, 7) is 7.78. The first-order valence-corrected chi connectivity index (χ1v) is 15.0. The number of nitrogen functional groups attached to an aromatic ring is 1. The summed E-state index contributed by atoms with van der Waals surface area (Å²) in [4.78, 5) is 11.7. The van der Waals surface area contributed by atoms with Crippen molar-refractivity contribution >= 4 is 15.7 Å². The van der Waals surface area contributed by atoms with Crippen LogP contribution in [0, 0.1) is 6.92 Å². The van der Waals surface area contributed by atoms with Gasteiger partial charge < -0.3 is 15.0 Å². The minimum absolute atomic E-state index is 0.222. The van der Waals surface area contributed by atoms with Gasteiger partial charge in [-0.15, -0.1) is 0 Å². The lowest BCUT2D eigenvalue weighted by Crippen LogP contribution is -2.36. The zero-order chi connectivity index (χ0) is 28.4. The molecule has 4 aromatic rings. The maximum absolute atomic E-state index is 12.5. The Balaban J connectivity index is 1.37. The quantitative estimate of drug-likeness (QED) is 0.311. The van der Waals surface area contributed by atoms with E-state index in [1.807, 2.05) is 6.92 Å². The van der Waals surface area contributed by atoms with Crippen molar-refractivity contribution in [3.05, 3.63) is 65.9 Å². The second-order valence-corrected chi connectivity index (χ2v) is 13.1. The monoisotopic (exact) mass is 561 g/mol. The van der Waals surface area contributed by atoms with E-state index in [2.05, 4.69) is 46.4 Å². The van der Waals surface area contributed by atoms with Crippen LogP contribution >= 0.6 is 0 Å². The van der Waals surface area contributed by atoms with E-state index in [1.54, 1.807) is 44.3 Å². The molecule has 2 N–H and O–H groups in total. The molecule has 5 rings (SSSR count). The Bertz CT molecular complexity index is 1580. The lowest BCUT2D eigenvalue weighted by Gasteiger charge is -2.31. The van der Waals surface area contributed by atoms with Crippen LogP contribution in [0.3, 0.4) is 0 Å². The van der Waals surface area contributed by atoms with E-state index < -0.39 is 15.1 Å². The van der Waals surface area contributed by atoms with Gasteiger partial charge in [0.1, 0.15) is 5.69 Å². The Morgan fingerprint density at radius 2 is 1.65 bits per heavy atom. The minimum atomic E-state index is -3.36. The average Bonchev–Trinajstić information content (AvgIpc) is 3.35. The third-order valence-corrected chi connectivity index (χ3v) is 9.68. The molecule has 9 nitrogen and oxygen atoms in total. The molecule has 1 aliphatic rings. The molecule has 0 saturated carbocycles. The number of rotatable bonds is 8. The summed E-state index contributed by atoms with van der Waals surface area (Å²) in [6, 6.07) is 15.5. The summed E-state index contributed by atoms with van der Waals surface area (Å²) in [7, 11) is -1.20. The summed E-state index contributed by atoms with van der Waals surface area (Å²) in [5, 5.41) is 3.84. The van der Waals surface area contributed by atoms with Crippen LogP contribution in [0.5, 0.6) is 0 Å². The van der Waals surface area contributed by atoms with Gasteiger partial charge in [-0.1, -0.05) is 41.6 Å². The fourth-order valence-corrected chi connectivity index (χ4v) is 5.99. The number of hydrogen-bond acceptors (Lipinski definition) is 9. The van der Waals surface area contributed by atoms with E-state index in [4.69, 9.17) is 20.0 Å². The summed E-state index contributed by atoms with van der Waals surface area (Å²) >= 11 is 0. The highest BCUT2D eigenvalue weighted by Gasteiger charge is 2.22. The van der Waals surface area contributed by atoms with E-state index in [1.165, 1.54) is 5.56 Å². The maximum atomic E-state index is 12.5. The van der Waals surface area contributed by atoms with Gasteiger partial charge in [0.15, 0.2) is 27.1 Å². The third-order valence-electron chi connectivity index (χ3n) is 7.51. The van der Waals surface area contributed by atoms with Gasteiger partial charge in [0.05, 0.1) is 22.0 Å². The fraction of sp³-hybridized carbons (Fsp3) is 0.367. The second-order valence-electron chi connectivity index (χ2n) is 10.5. The molecule has 0 spiro atoms. The Labute approximate surface area is 235 Å². The third kappa shape index (κ3) is 5.65. The fourth-order valence-electron chi connectivity index (χ4n) is 4.93. The van der Waals surface area contributed by atoms with Gasteiger partial charge in [-0.3, -0.25) is 4.90 Å². The Morgan fingerprint density at radius 3 is 2.30 bits per heavy atom. The highest BCUT2D eigenvalue weighted by atomic mass is 32.2. The first kappa shape index (κ1) is 27.9. The molecule has 1 fully saturated rings. The number of ether oxygens (including phenoxy) is 1. The van der Waals surface area contributed by atoms with Crippen LogP contribution in [0.25, 0.3) is 34.0 Å². The largest absolute Gasteiger partial charge is 0.382 e. The van der Waals surface area contributed by atoms with Crippen molar-refractivity contribution in [2.75, 3.05) is 26.0 Å². The number of sulfone groups is 1. The molecule has 0 amide bonds. The predicted molar refractivity (Wildman–Crippen MR) is 155 cm³/mol. The van der Waals surface area contributed by atoms with Crippen molar-refractivity contribution in [1.82, 2.24) is 20.0 Å². The number of nitrogens with zero attached hydrogens (tertiary/aromatic N) is 4. The lowest BCUT2D eigenvalue weighted by molar-refractivity contribution is 0.0407. The molecule has 0 aliphatic carbocycles. The number of nitrogens with two attached hydrogens (primary N) is 1. The molecule has 10 heteroatoms. The van der Waals surface area contributed by atoms with Crippen LogP contribution < -0.4 is 5.73 Å². The molecular weight excluding hydrogens is 526 g/mol. The zero-order valence-electron chi connectivity index (χ0n) is 23.3. The highest BCUT2D eigenvalue weighted by Crippen LogP contribution is 2.34. The van der Waals surface area contributed by atoms with E-state index in [9.17, 15) is 8.42 Å². The normalized spacial score (nSPS) is 14.8. The molecule has 3 heterocycles.